The number of carbonyl (C=O) groups excluding carboxylic acids is 3. The summed E-state index contributed by atoms with van der Waals surface area (Å²) in [4.78, 5) is 57.4. The van der Waals surface area contributed by atoms with Crippen molar-refractivity contribution in [2.45, 2.75) is 44.7 Å². The molecule has 0 aliphatic carbocycles. The number of halogens is 1. The molecule has 3 saturated heterocycles. The van der Waals surface area contributed by atoms with Gasteiger partial charge in [0.25, 0.3) is 17.5 Å². The molecule has 14 nitrogen and oxygen atoms in total. The van der Waals surface area contributed by atoms with Crippen molar-refractivity contribution in [2.24, 2.45) is 0 Å². The van der Waals surface area contributed by atoms with Crippen LogP contribution in [0.4, 0.5) is 33.1 Å². The van der Waals surface area contributed by atoms with Gasteiger partial charge in [-0.3, -0.25) is 24.6 Å². The maximum Gasteiger partial charge on any atom is 0.288 e. The van der Waals surface area contributed by atoms with Crippen LogP contribution in [0.5, 0.6) is 5.88 Å². The largest absolute Gasteiger partial charge is 0.466 e. The first-order valence-corrected chi connectivity index (χ1v) is 20.2. The molecule has 0 saturated carbocycles. The second-order valence-corrected chi connectivity index (χ2v) is 15.6. The molecule has 0 radical (unpaired) electrons. The normalized spacial score (nSPS) is 18.9. The van der Waals surface area contributed by atoms with E-state index in [-0.39, 0.29) is 30.0 Å². The van der Waals surface area contributed by atoms with Crippen molar-refractivity contribution in [3.8, 4) is 17.0 Å². The minimum absolute atomic E-state index is 0.0146. The van der Waals surface area contributed by atoms with Gasteiger partial charge >= 0.3 is 0 Å². The third kappa shape index (κ3) is 7.89. The molecular weight excluding hydrogens is 752 g/mol. The number of carbonyl (C=O) groups is 3. The average Bonchev–Trinajstić information content (AvgIpc) is 3.25. The Kier molecular flexibility index (Phi) is 10.4. The number of aromatic nitrogens is 3. The summed E-state index contributed by atoms with van der Waals surface area (Å²) in [5.41, 5.74) is 7.18. The van der Waals surface area contributed by atoms with E-state index in [1.54, 1.807) is 18.3 Å². The quantitative estimate of drug-likeness (QED) is 0.140. The predicted octanol–water partition coefficient (Wildman–Crippen LogP) is 5.26. The molecule has 302 valence electrons. The minimum Gasteiger partial charge on any atom is -0.466 e. The Labute approximate surface area is 341 Å². The lowest BCUT2D eigenvalue weighted by molar-refractivity contribution is -0.443. The number of imide groups is 1. The first-order valence-electron chi connectivity index (χ1n) is 20.2. The smallest absolute Gasteiger partial charge is 0.288 e. The van der Waals surface area contributed by atoms with Crippen LogP contribution in [0, 0.1) is 12.7 Å². The molecule has 9 rings (SSSR count). The summed E-state index contributed by atoms with van der Waals surface area (Å²) in [6, 6.07) is 18.3. The van der Waals surface area contributed by atoms with Gasteiger partial charge in [-0.25, -0.2) is 19.3 Å². The molecule has 59 heavy (non-hydrogen) atoms. The third-order valence-electron chi connectivity index (χ3n) is 11.9. The van der Waals surface area contributed by atoms with E-state index in [4.69, 9.17) is 9.72 Å². The minimum atomic E-state index is -0.563. The van der Waals surface area contributed by atoms with Crippen LogP contribution >= 0.6 is 0 Å². The van der Waals surface area contributed by atoms with E-state index in [1.165, 1.54) is 6.07 Å². The third-order valence-corrected chi connectivity index (χ3v) is 11.9. The SMILES string of the molecule is C=[N+]1CCOc2ncc(-c3ccc4cnc(Nc5ccc(C(=O)N6CCC(N7CCN(c8ccc(NC9CCC(=O)NC9=O)cc8F)CC7)CC6)cc5)nc4c3)c(C)c21. The van der Waals surface area contributed by atoms with Gasteiger partial charge in [0, 0.05) is 97.6 Å². The number of hydrogen-bond acceptors (Lipinski definition) is 11. The van der Waals surface area contributed by atoms with E-state index in [0.717, 1.165) is 64.9 Å². The fourth-order valence-electron chi connectivity index (χ4n) is 8.61. The Bertz CT molecular complexity index is 2460. The maximum absolute atomic E-state index is 15.2. The number of anilines is 4. The van der Waals surface area contributed by atoms with Crippen LogP contribution in [0.15, 0.2) is 73.1 Å². The molecule has 3 aromatic carbocycles. The highest BCUT2D eigenvalue weighted by atomic mass is 19.1. The molecule has 2 aromatic heterocycles. The molecule has 0 spiro atoms. The number of ether oxygens (including phenoxy) is 1. The number of pyridine rings is 1. The van der Waals surface area contributed by atoms with Crippen molar-refractivity contribution >= 4 is 64.0 Å². The second kappa shape index (κ2) is 16.0. The topological polar surface area (TPSA) is 148 Å². The summed E-state index contributed by atoms with van der Waals surface area (Å²) in [5, 5.41) is 9.58. The highest BCUT2D eigenvalue weighted by Crippen LogP contribution is 2.38. The average molecular weight is 798 g/mol. The standard InChI is InChI=1S/C44H45FN10O4/c1-27-34(26-46-42-40(27)52(2)21-22-59-42)29-3-4-30-25-47-44(50-37(30)23-29)49-31-7-5-28(6-8-31)43(58)55-15-13-33(14-16-55)53-17-19-54(20-18-53)38-11-9-32(24-35(38)45)48-36-10-12-39(56)51-41(36)57/h3-9,11,23-26,33,36,48H,2,10,12-22H2,1H3,(H-,47,49,50,51,56,57,58)/p+1. The van der Waals surface area contributed by atoms with E-state index in [9.17, 15) is 14.4 Å². The number of hydrogen-bond donors (Lipinski definition) is 3. The zero-order chi connectivity index (χ0) is 40.6. The van der Waals surface area contributed by atoms with Gasteiger partial charge in [-0.1, -0.05) is 12.1 Å². The fourth-order valence-corrected chi connectivity index (χ4v) is 8.61. The molecule has 4 aliphatic heterocycles. The summed E-state index contributed by atoms with van der Waals surface area (Å²) in [5.74, 6) is 0.0544. The number of piperazine rings is 1. The van der Waals surface area contributed by atoms with Crippen LogP contribution in [0.1, 0.15) is 41.6 Å². The van der Waals surface area contributed by atoms with Crippen molar-refractivity contribution in [1.82, 2.24) is 30.1 Å². The number of amides is 3. The Morgan fingerprint density at radius 2 is 1.71 bits per heavy atom. The molecule has 1 unspecified atom stereocenters. The molecule has 5 aromatic rings. The number of nitrogens with one attached hydrogen (secondary N) is 3. The Hall–Kier alpha value is -6.48. The van der Waals surface area contributed by atoms with Gasteiger partial charge in [0.05, 0.1) is 11.2 Å². The second-order valence-electron chi connectivity index (χ2n) is 15.6. The van der Waals surface area contributed by atoms with Gasteiger partial charge in [-0.05, 0) is 80.3 Å². The molecule has 6 heterocycles. The van der Waals surface area contributed by atoms with Crippen molar-refractivity contribution in [1.29, 1.82) is 0 Å². The molecule has 15 heteroatoms. The van der Waals surface area contributed by atoms with Crippen LogP contribution in [0.3, 0.4) is 0 Å². The van der Waals surface area contributed by atoms with Crippen molar-refractivity contribution in [3.63, 3.8) is 0 Å². The predicted molar refractivity (Wildman–Crippen MR) is 224 cm³/mol. The number of rotatable bonds is 8. The van der Waals surface area contributed by atoms with Gasteiger partial charge in [0.15, 0.2) is 6.54 Å². The molecule has 3 amide bonds. The van der Waals surface area contributed by atoms with Crippen molar-refractivity contribution < 1.29 is 28.1 Å². The van der Waals surface area contributed by atoms with Crippen LogP contribution in [-0.2, 0) is 9.59 Å². The molecule has 3 fully saturated rings. The zero-order valence-electron chi connectivity index (χ0n) is 32.9. The molecule has 0 bridgehead atoms. The highest BCUT2D eigenvalue weighted by molar-refractivity contribution is 6.01. The Morgan fingerprint density at radius 3 is 2.47 bits per heavy atom. The lowest BCUT2D eigenvalue weighted by Crippen LogP contribution is -2.54. The van der Waals surface area contributed by atoms with Crippen molar-refractivity contribution in [3.05, 3.63) is 90.0 Å². The lowest BCUT2D eigenvalue weighted by atomic mass is 10.00. The van der Waals surface area contributed by atoms with Gasteiger partial charge in [0.1, 0.15) is 25.2 Å². The number of piperidine rings is 2. The molecule has 3 N–H and O–H groups in total. The number of nitrogens with zero attached hydrogens (tertiary/aromatic N) is 7. The van der Waals surface area contributed by atoms with Gasteiger partial charge in [-0.15, -0.1) is 0 Å². The Balaban J connectivity index is 0.765. The van der Waals surface area contributed by atoms with Crippen LogP contribution in [0.2, 0.25) is 0 Å². The lowest BCUT2D eigenvalue weighted by Gasteiger charge is -2.43. The van der Waals surface area contributed by atoms with Crippen molar-refractivity contribution in [2.75, 3.05) is 68.0 Å². The first kappa shape index (κ1) is 38.1. The monoisotopic (exact) mass is 797 g/mol. The molecular formula is C44H46FN10O4+. The van der Waals surface area contributed by atoms with Crippen LogP contribution in [0.25, 0.3) is 22.0 Å². The number of likely N-dealkylation sites (tertiary alicyclic amines) is 1. The van der Waals surface area contributed by atoms with Gasteiger partial charge < -0.3 is 25.2 Å². The maximum atomic E-state index is 15.2. The van der Waals surface area contributed by atoms with E-state index in [2.05, 4.69) is 49.4 Å². The number of benzene rings is 3. The molecule has 4 aliphatic rings. The van der Waals surface area contributed by atoms with E-state index >= 15 is 4.39 Å². The zero-order valence-corrected chi connectivity index (χ0v) is 32.9. The summed E-state index contributed by atoms with van der Waals surface area (Å²) >= 11 is 0. The van der Waals surface area contributed by atoms with Gasteiger partial charge in [-0.2, -0.15) is 4.58 Å². The first-order chi connectivity index (χ1) is 28.7. The summed E-state index contributed by atoms with van der Waals surface area (Å²) in [6.07, 6.45) is 6.03. The Morgan fingerprint density at radius 1 is 0.932 bits per heavy atom. The van der Waals surface area contributed by atoms with E-state index < -0.39 is 6.04 Å². The summed E-state index contributed by atoms with van der Waals surface area (Å²) in [6.45, 7) is 11.8. The van der Waals surface area contributed by atoms with Crippen LogP contribution in [-0.4, -0.2) is 118 Å². The number of fused-ring (bicyclic) bond motifs is 2. The summed E-state index contributed by atoms with van der Waals surface area (Å²) in [7, 11) is 0. The van der Waals surface area contributed by atoms with Crippen LogP contribution < -0.4 is 25.6 Å². The fraction of sp³-hybridized carbons (Fsp3) is 0.341. The van der Waals surface area contributed by atoms with E-state index in [1.807, 2.05) is 58.1 Å². The highest BCUT2D eigenvalue weighted by Gasteiger charge is 2.31. The summed E-state index contributed by atoms with van der Waals surface area (Å²) < 4.78 is 22.9. The van der Waals surface area contributed by atoms with Gasteiger partial charge in [0.2, 0.25) is 17.8 Å². The molecule has 1 atom stereocenters. The van der Waals surface area contributed by atoms with E-state index in [0.29, 0.717) is 80.6 Å².